The fraction of sp³-hybridized carbons (Fsp3) is 0.182. The van der Waals surface area contributed by atoms with Crippen LogP contribution >= 0.6 is 0 Å². The fourth-order valence-corrected chi connectivity index (χ4v) is 1.49. The third-order valence-electron chi connectivity index (χ3n) is 2.37. The first-order chi connectivity index (χ1) is 7.24. The zero-order valence-corrected chi connectivity index (χ0v) is 8.61. The number of aromatic nitrogens is 1. The van der Waals surface area contributed by atoms with Gasteiger partial charge < -0.3 is 14.9 Å². The molecule has 4 nitrogen and oxygen atoms in total. The molecule has 15 heavy (non-hydrogen) atoms. The number of nitrogens with one attached hydrogen (secondary N) is 1. The first-order valence-electron chi connectivity index (χ1n) is 4.60. The molecular formula is C11H12N2O2. The van der Waals surface area contributed by atoms with Crippen LogP contribution in [0.5, 0.6) is 5.75 Å². The maximum Gasteiger partial charge on any atom is 0.119 e. The van der Waals surface area contributed by atoms with Gasteiger partial charge in [-0.25, -0.2) is 0 Å². The molecule has 0 bridgehead atoms. The highest BCUT2D eigenvalue weighted by Gasteiger charge is 2.04. The molecule has 0 aliphatic rings. The van der Waals surface area contributed by atoms with Crippen LogP contribution in [0.2, 0.25) is 0 Å². The van der Waals surface area contributed by atoms with Gasteiger partial charge in [-0.1, -0.05) is 5.16 Å². The van der Waals surface area contributed by atoms with Crippen LogP contribution in [-0.4, -0.2) is 23.0 Å². The van der Waals surface area contributed by atoms with Crippen LogP contribution in [0.1, 0.15) is 12.6 Å². The lowest BCUT2D eigenvalue weighted by atomic mass is 10.2. The highest BCUT2D eigenvalue weighted by atomic mass is 16.5. The molecule has 0 unspecified atom stereocenters. The molecule has 1 aromatic heterocycles. The van der Waals surface area contributed by atoms with Gasteiger partial charge in [0.2, 0.25) is 0 Å². The van der Waals surface area contributed by atoms with E-state index < -0.39 is 0 Å². The Kier molecular flexibility index (Phi) is 2.33. The second-order valence-electron chi connectivity index (χ2n) is 3.32. The maximum atomic E-state index is 8.66. The largest absolute Gasteiger partial charge is 0.497 e. The van der Waals surface area contributed by atoms with E-state index in [0.29, 0.717) is 5.71 Å². The molecule has 2 aromatic rings. The summed E-state index contributed by atoms with van der Waals surface area (Å²) in [7, 11) is 1.63. The van der Waals surface area contributed by atoms with E-state index in [-0.39, 0.29) is 0 Å². The van der Waals surface area contributed by atoms with Crippen LogP contribution in [0.3, 0.4) is 0 Å². The van der Waals surface area contributed by atoms with Crippen molar-refractivity contribution in [3.05, 3.63) is 30.0 Å². The molecule has 0 aliphatic carbocycles. The number of hydrogen-bond donors (Lipinski definition) is 2. The normalized spacial score (nSPS) is 12.0. The predicted octanol–water partition coefficient (Wildman–Crippen LogP) is 2.37. The van der Waals surface area contributed by atoms with Crippen molar-refractivity contribution >= 4 is 16.6 Å². The molecule has 1 aromatic carbocycles. The van der Waals surface area contributed by atoms with Crippen molar-refractivity contribution in [2.45, 2.75) is 6.92 Å². The van der Waals surface area contributed by atoms with Gasteiger partial charge in [-0.2, -0.15) is 0 Å². The van der Waals surface area contributed by atoms with Gasteiger partial charge >= 0.3 is 0 Å². The van der Waals surface area contributed by atoms with E-state index in [1.54, 1.807) is 14.0 Å². The van der Waals surface area contributed by atoms with Crippen LogP contribution in [0.15, 0.2) is 29.4 Å². The van der Waals surface area contributed by atoms with E-state index in [2.05, 4.69) is 10.1 Å². The van der Waals surface area contributed by atoms with Gasteiger partial charge in [0.15, 0.2) is 0 Å². The van der Waals surface area contributed by atoms with Gasteiger partial charge in [0.1, 0.15) is 5.75 Å². The van der Waals surface area contributed by atoms with Crippen molar-refractivity contribution < 1.29 is 9.94 Å². The first-order valence-corrected chi connectivity index (χ1v) is 4.60. The average molecular weight is 204 g/mol. The Balaban J connectivity index is 2.56. The molecule has 4 heteroatoms. The monoisotopic (exact) mass is 204 g/mol. The Bertz CT molecular complexity index is 514. The molecule has 78 valence electrons. The third-order valence-corrected chi connectivity index (χ3v) is 2.37. The molecule has 2 N–H and O–H groups in total. The number of nitrogens with zero attached hydrogens (tertiary/aromatic N) is 1. The molecule has 1 heterocycles. The fourth-order valence-electron chi connectivity index (χ4n) is 1.49. The molecule has 0 fully saturated rings. The molecule has 0 saturated heterocycles. The van der Waals surface area contributed by atoms with Gasteiger partial charge in [0.05, 0.1) is 18.5 Å². The Hall–Kier alpha value is -1.97. The maximum absolute atomic E-state index is 8.66. The van der Waals surface area contributed by atoms with E-state index >= 15 is 0 Å². The number of rotatable bonds is 2. The Morgan fingerprint density at radius 2 is 2.20 bits per heavy atom. The van der Waals surface area contributed by atoms with Crippen LogP contribution in [0.25, 0.3) is 10.9 Å². The summed E-state index contributed by atoms with van der Waals surface area (Å²) < 4.78 is 5.12. The van der Waals surface area contributed by atoms with Crippen molar-refractivity contribution in [3.8, 4) is 5.75 Å². The minimum atomic E-state index is 0.560. The topological polar surface area (TPSA) is 57.6 Å². The number of benzene rings is 1. The number of methoxy groups -OCH3 is 1. The number of oxime groups is 1. The van der Waals surface area contributed by atoms with Gasteiger partial charge in [-0.15, -0.1) is 0 Å². The highest BCUT2D eigenvalue weighted by Crippen LogP contribution is 2.21. The highest BCUT2D eigenvalue weighted by molar-refractivity contribution is 6.01. The number of fused-ring (bicyclic) bond motifs is 1. The standard InChI is InChI=1S/C11H12N2O2/c1-7(13-14)11-6-8-5-9(15-2)3-4-10(8)12-11/h3-6,12,14H,1-2H3. The average Bonchev–Trinajstić information content (AvgIpc) is 2.70. The van der Waals surface area contributed by atoms with Gasteiger partial charge in [-0.05, 0) is 31.2 Å². The Morgan fingerprint density at radius 3 is 2.87 bits per heavy atom. The van der Waals surface area contributed by atoms with Gasteiger partial charge in [0.25, 0.3) is 0 Å². The molecule has 0 aliphatic heterocycles. The minimum Gasteiger partial charge on any atom is -0.497 e. The smallest absolute Gasteiger partial charge is 0.119 e. The van der Waals surface area contributed by atoms with Crippen molar-refractivity contribution in [1.29, 1.82) is 0 Å². The van der Waals surface area contributed by atoms with Crippen LogP contribution < -0.4 is 4.74 Å². The Morgan fingerprint density at radius 1 is 1.40 bits per heavy atom. The lowest BCUT2D eigenvalue weighted by Crippen LogP contribution is -1.93. The van der Waals surface area contributed by atoms with Crippen molar-refractivity contribution in [1.82, 2.24) is 4.98 Å². The molecule has 2 rings (SSSR count). The summed E-state index contributed by atoms with van der Waals surface area (Å²) in [5, 5.41) is 12.8. The van der Waals surface area contributed by atoms with E-state index in [1.165, 1.54) is 0 Å². The van der Waals surface area contributed by atoms with E-state index in [4.69, 9.17) is 9.94 Å². The van der Waals surface area contributed by atoms with Crippen LogP contribution in [0, 0.1) is 0 Å². The summed E-state index contributed by atoms with van der Waals surface area (Å²) in [5.41, 5.74) is 2.36. The number of aromatic amines is 1. The van der Waals surface area contributed by atoms with Crippen molar-refractivity contribution in [2.75, 3.05) is 7.11 Å². The molecule has 0 amide bonds. The number of ether oxygens (including phenoxy) is 1. The van der Waals surface area contributed by atoms with Crippen LogP contribution in [-0.2, 0) is 0 Å². The number of hydrogen-bond acceptors (Lipinski definition) is 3. The second kappa shape index (κ2) is 3.65. The SMILES string of the molecule is COc1ccc2[nH]c(C(C)=NO)cc2c1. The summed E-state index contributed by atoms with van der Waals surface area (Å²) in [6.45, 7) is 1.74. The summed E-state index contributed by atoms with van der Waals surface area (Å²) in [6, 6.07) is 7.67. The molecular weight excluding hydrogens is 192 g/mol. The molecule has 0 saturated carbocycles. The molecule has 0 spiro atoms. The van der Waals surface area contributed by atoms with E-state index in [0.717, 1.165) is 22.3 Å². The summed E-state index contributed by atoms with van der Waals surface area (Å²) in [6.07, 6.45) is 0. The zero-order valence-electron chi connectivity index (χ0n) is 8.61. The van der Waals surface area contributed by atoms with E-state index in [9.17, 15) is 0 Å². The Labute approximate surface area is 87.2 Å². The first kappa shape index (κ1) is 9.58. The summed E-state index contributed by atoms with van der Waals surface area (Å²) >= 11 is 0. The third kappa shape index (κ3) is 1.66. The zero-order chi connectivity index (χ0) is 10.8. The summed E-state index contributed by atoms with van der Waals surface area (Å²) in [4.78, 5) is 3.15. The van der Waals surface area contributed by atoms with Crippen LogP contribution in [0.4, 0.5) is 0 Å². The lowest BCUT2D eigenvalue weighted by molar-refractivity contribution is 0.319. The number of H-pyrrole nitrogens is 1. The lowest BCUT2D eigenvalue weighted by Gasteiger charge is -1.97. The molecule has 0 radical (unpaired) electrons. The van der Waals surface area contributed by atoms with Gasteiger partial charge in [0, 0.05) is 10.9 Å². The predicted molar refractivity (Wildman–Crippen MR) is 58.8 cm³/mol. The van der Waals surface area contributed by atoms with Crippen molar-refractivity contribution in [3.63, 3.8) is 0 Å². The summed E-state index contributed by atoms with van der Waals surface area (Å²) in [5.74, 6) is 0.812. The molecule has 0 atom stereocenters. The minimum absolute atomic E-state index is 0.560. The van der Waals surface area contributed by atoms with Gasteiger partial charge in [-0.3, -0.25) is 0 Å². The van der Waals surface area contributed by atoms with Crippen molar-refractivity contribution in [2.24, 2.45) is 5.16 Å². The quantitative estimate of drug-likeness (QED) is 0.448. The van der Waals surface area contributed by atoms with E-state index in [1.807, 2.05) is 24.3 Å². The second-order valence-corrected chi connectivity index (χ2v) is 3.32.